The number of piperazine rings is 1. The van der Waals surface area contributed by atoms with Crippen LogP contribution in [0.25, 0.3) is 11.3 Å². The molecular formula is C22H22N4O4S2. The number of thiazole rings is 1. The van der Waals surface area contributed by atoms with Gasteiger partial charge in [-0.15, -0.1) is 11.3 Å². The van der Waals surface area contributed by atoms with Gasteiger partial charge in [-0.1, -0.05) is 29.8 Å². The summed E-state index contributed by atoms with van der Waals surface area (Å²) in [6, 6.07) is 11.9. The summed E-state index contributed by atoms with van der Waals surface area (Å²) in [4.78, 5) is 28.8. The Labute approximate surface area is 190 Å². The van der Waals surface area contributed by atoms with Crippen molar-refractivity contribution in [2.45, 2.75) is 18.7 Å². The van der Waals surface area contributed by atoms with Crippen molar-refractivity contribution in [2.75, 3.05) is 25.0 Å². The third-order valence-electron chi connectivity index (χ3n) is 5.12. The Morgan fingerprint density at radius 1 is 1.19 bits per heavy atom. The standard InChI is InChI=1S/C22H22N4O4S2/c1-14-6-7-18(15(2)10-14)19-13-31-22(24-19)25-21(28)16-4-3-5-17(11-16)32(29,30)26-9-8-23-20(27)12-26/h3-7,10-11,13H,8-9,12H2,1-2H3,(H,23,27)(H,24,25,28). The molecule has 1 saturated heterocycles. The normalized spacial score (nSPS) is 14.8. The molecule has 0 saturated carbocycles. The molecule has 0 radical (unpaired) electrons. The van der Waals surface area contributed by atoms with E-state index in [4.69, 9.17) is 0 Å². The third kappa shape index (κ3) is 4.57. The Hall–Kier alpha value is -3.08. The summed E-state index contributed by atoms with van der Waals surface area (Å²) in [6.07, 6.45) is 0. The van der Waals surface area contributed by atoms with Crippen LogP contribution in [0.1, 0.15) is 21.5 Å². The van der Waals surface area contributed by atoms with E-state index in [0.717, 1.165) is 26.7 Å². The third-order valence-corrected chi connectivity index (χ3v) is 7.72. The summed E-state index contributed by atoms with van der Waals surface area (Å²) >= 11 is 1.30. The second-order valence-electron chi connectivity index (χ2n) is 7.53. The average molecular weight is 471 g/mol. The van der Waals surface area contributed by atoms with E-state index in [2.05, 4.69) is 21.7 Å². The SMILES string of the molecule is Cc1ccc(-c2csc(NC(=O)c3cccc(S(=O)(=O)N4CCNC(=O)C4)c3)n2)c(C)c1. The predicted octanol–water partition coefficient (Wildman–Crippen LogP) is 2.80. The van der Waals surface area contributed by atoms with Gasteiger partial charge in [-0.05, 0) is 37.6 Å². The van der Waals surface area contributed by atoms with Crippen LogP contribution < -0.4 is 10.6 Å². The van der Waals surface area contributed by atoms with Gasteiger partial charge in [-0.25, -0.2) is 13.4 Å². The van der Waals surface area contributed by atoms with E-state index in [-0.39, 0.29) is 36.0 Å². The Morgan fingerprint density at radius 3 is 2.75 bits per heavy atom. The highest BCUT2D eigenvalue weighted by molar-refractivity contribution is 7.89. The van der Waals surface area contributed by atoms with Gasteiger partial charge < -0.3 is 5.32 Å². The lowest BCUT2D eigenvalue weighted by Gasteiger charge is -2.26. The van der Waals surface area contributed by atoms with E-state index >= 15 is 0 Å². The number of hydrogen-bond donors (Lipinski definition) is 2. The average Bonchev–Trinajstić information content (AvgIpc) is 3.22. The molecule has 166 valence electrons. The molecule has 1 aliphatic rings. The Kier molecular flexibility index (Phi) is 6.09. The van der Waals surface area contributed by atoms with Crippen LogP contribution in [0, 0.1) is 13.8 Å². The summed E-state index contributed by atoms with van der Waals surface area (Å²) in [5, 5.41) is 7.63. The summed E-state index contributed by atoms with van der Waals surface area (Å²) in [7, 11) is -3.88. The number of hydrogen-bond acceptors (Lipinski definition) is 6. The van der Waals surface area contributed by atoms with Gasteiger partial charge in [-0.2, -0.15) is 4.31 Å². The number of sulfonamides is 1. The topological polar surface area (TPSA) is 108 Å². The van der Waals surface area contributed by atoms with Gasteiger partial charge in [0.15, 0.2) is 5.13 Å². The van der Waals surface area contributed by atoms with Crippen LogP contribution in [-0.2, 0) is 14.8 Å². The van der Waals surface area contributed by atoms with E-state index in [1.165, 1.54) is 35.6 Å². The second-order valence-corrected chi connectivity index (χ2v) is 10.3. The molecule has 2 aromatic carbocycles. The summed E-state index contributed by atoms with van der Waals surface area (Å²) in [5.74, 6) is -0.808. The molecule has 32 heavy (non-hydrogen) atoms. The molecule has 1 aromatic heterocycles. The Bertz CT molecular complexity index is 1300. The van der Waals surface area contributed by atoms with Gasteiger partial charge in [0, 0.05) is 29.6 Å². The minimum Gasteiger partial charge on any atom is -0.354 e. The number of amides is 2. The van der Waals surface area contributed by atoms with Crippen molar-refractivity contribution >= 4 is 38.3 Å². The molecule has 0 aliphatic carbocycles. The number of aromatic nitrogens is 1. The minimum absolute atomic E-state index is 0.0324. The lowest BCUT2D eigenvalue weighted by atomic mass is 10.0. The van der Waals surface area contributed by atoms with Crippen molar-refractivity contribution in [2.24, 2.45) is 0 Å². The van der Waals surface area contributed by atoms with Crippen molar-refractivity contribution in [3.05, 3.63) is 64.5 Å². The number of benzene rings is 2. The number of carbonyl (C=O) groups excluding carboxylic acids is 2. The highest BCUT2D eigenvalue weighted by Crippen LogP contribution is 2.28. The van der Waals surface area contributed by atoms with Crippen LogP contribution >= 0.6 is 11.3 Å². The summed E-state index contributed by atoms with van der Waals surface area (Å²) < 4.78 is 26.9. The largest absolute Gasteiger partial charge is 0.354 e. The molecule has 8 nitrogen and oxygen atoms in total. The number of rotatable bonds is 5. The van der Waals surface area contributed by atoms with Gasteiger partial charge in [0.2, 0.25) is 15.9 Å². The fraction of sp³-hybridized carbons (Fsp3) is 0.227. The van der Waals surface area contributed by atoms with Gasteiger partial charge in [-0.3, -0.25) is 14.9 Å². The molecule has 0 bridgehead atoms. The lowest BCUT2D eigenvalue weighted by molar-refractivity contribution is -0.122. The first-order chi connectivity index (χ1) is 15.2. The lowest BCUT2D eigenvalue weighted by Crippen LogP contribution is -2.49. The monoisotopic (exact) mass is 470 g/mol. The molecule has 10 heteroatoms. The van der Waals surface area contributed by atoms with Gasteiger partial charge in [0.05, 0.1) is 17.1 Å². The first kappa shape index (κ1) is 22.1. The zero-order valence-electron chi connectivity index (χ0n) is 17.6. The Balaban J connectivity index is 1.52. The molecule has 3 aromatic rings. The van der Waals surface area contributed by atoms with E-state index in [1.54, 1.807) is 0 Å². The molecule has 1 fully saturated rings. The molecule has 0 unspecified atom stereocenters. The highest BCUT2D eigenvalue weighted by Gasteiger charge is 2.29. The number of nitrogens with zero attached hydrogens (tertiary/aromatic N) is 2. The number of aryl methyl sites for hydroxylation is 2. The molecule has 2 amide bonds. The van der Waals surface area contributed by atoms with Crippen molar-refractivity contribution < 1.29 is 18.0 Å². The number of nitrogens with one attached hydrogen (secondary N) is 2. The maximum absolute atomic E-state index is 12.9. The van der Waals surface area contributed by atoms with Crippen molar-refractivity contribution in [1.82, 2.24) is 14.6 Å². The molecule has 4 rings (SSSR count). The molecule has 2 heterocycles. The zero-order valence-corrected chi connectivity index (χ0v) is 19.2. The minimum atomic E-state index is -3.88. The predicted molar refractivity (Wildman–Crippen MR) is 123 cm³/mol. The molecule has 0 atom stereocenters. The maximum Gasteiger partial charge on any atom is 0.257 e. The second kappa shape index (κ2) is 8.81. The number of carbonyl (C=O) groups is 2. The molecule has 2 N–H and O–H groups in total. The fourth-order valence-corrected chi connectivity index (χ4v) is 5.64. The highest BCUT2D eigenvalue weighted by atomic mass is 32.2. The van der Waals surface area contributed by atoms with E-state index in [9.17, 15) is 18.0 Å². The van der Waals surface area contributed by atoms with Crippen LogP contribution in [0.15, 0.2) is 52.7 Å². The van der Waals surface area contributed by atoms with Crippen molar-refractivity contribution in [1.29, 1.82) is 0 Å². The molecular weight excluding hydrogens is 448 g/mol. The van der Waals surface area contributed by atoms with Crippen LogP contribution in [0.4, 0.5) is 5.13 Å². The first-order valence-electron chi connectivity index (χ1n) is 9.95. The number of anilines is 1. The molecule has 1 aliphatic heterocycles. The van der Waals surface area contributed by atoms with Crippen LogP contribution in [0.3, 0.4) is 0 Å². The van der Waals surface area contributed by atoms with Crippen LogP contribution in [0.2, 0.25) is 0 Å². The summed E-state index contributed by atoms with van der Waals surface area (Å²) in [5.41, 5.74) is 4.21. The van der Waals surface area contributed by atoms with Crippen molar-refractivity contribution in [3.8, 4) is 11.3 Å². The van der Waals surface area contributed by atoms with Gasteiger partial charge in [0.1, 0.15) is 0 Å². The van der Waals surface area contributed by atoms with E-state index in [0.29, 0.717) is 5.13 Å². The van der Waals surface area contributed by atoms with Gasteiger partial charge >= 0.3 is 0 Å². The quantitative estimate of drug-likeness (QED) is 0.596. The fourth-order valence-electron chi connectivity index (χ4n) is 3.49. The van der Waals surface area contributed by atoms with Crippen LogP contribution in [0.5, 0.6) is 0 Å². The molecule has 0 spiro atoms. The smallest absolute Gasteiger partial charge is 0.257 e. The first-order valence-corrected chi connectivity index (χ1v) is 12.3. The summed E-state index contributed by atoms with van der Waals surface area (Å²) in [6.45, 7) is 4.24. The maximum atomic E-state index is 12.9. The van der Waals surface area contributed by atoms with Crippen LogP contribution in [-0.4, -0.2) is 49.2 Å². The van der Waals surface area contributed by atoms with E-state index in [1.807, 2.05) is 31.4 Å². The van der Waals surface area contributed by atoms with Crippen molar-refractivity contribution in [3.63, 3.8) is 0 Å². The van der Waals surface area contributed by atoms with E-state index < -0.39 is 15.9 Å². The zero-order chi connectivity index (χ0) is 22.9. The Morgan fingerprint density at radius 2 is 2.00 bits per heavy atom. The van der Waals surface area contributed by atoms with Gasteiger partial charge in [0.25, 0.3) is 5.91 Å².